The van der Waals surface area contributed by atoms with Gasteiger partial charge in [-0.3, -0.25) is 0 Å². The first-order chi connectivity index (χ1) is 4.41. The maximum Gasteiger partial charge on any atom is 2.00 e. The fraction of sp³-hybridized carbons (Fsp3) is 0.250. The molecule has 0 aromatic heterocycles. The van der Waals surface area contributed by atoms with Crippen molar-refractivity contribution in [2.75, 3.05) is 14.1 Å². The average molecular weight is 225 g/mol. The summed E-state index contributed by atoms with van der Waals surface area (Å²) in [4.78, 5) is 0. The van der Waals surface area contributed by atoms with Crippen molar-refractivity contribution in [2.24, 2.45) is 0 Å². The van der Waals surface area contributed by atoms with Gasteiger partial charge in [-0.2, -0.15) is 50.5 Å². The summed E-state index contributed by atoms with van der Waals surface area (Å²) in [7, 11) is 3.50. The molecule has 0 amide bonds. The van der Waals surface area contributed by atoms with Gasteiger partial charge in [-0.1, -0.05) is 0 Å². The molecule has 0 saturated carbocycles. The van der Waals surface area contributed by atoms with Crippen molar-refractivity contribution < 1.29 is 17.0 Å². The van der Waals surface area contributed by atoms with Crippen molar-refractivity contribution in [3.63, 3.8) is 0 Å². The van der Waals surface area contributed by atoms with E-state index in [1.54, 1.807) is 14.1 Å². The first-order valence-electron chi connectivity index (χ1n) is 2.81. The third-order valence-electron chi connectivity index (χ3n) is 0.607. The van der Waals surface area contributed by atoms with E-state index in [0.717, 1.165) is 0 Å². The van der Waals surface area contributed by atoms with Crippen LogP contribution >= 0.6 is 0 Å². The van der Waals surface area contributed by atoms with Gasteiger partial charge >= 0.3 is 23.1 Å². The molecule has 0 spiro atoms. The van der Waals surface area contributed by atoms with Crippen molar-refractivity contribution in [1.29, 1.82) is 0 Å². The second kappa shape index (κ2) is 16.8. The van der Waals surface area contributed by atoms with Gasteiger partial charge in [0.2, 0.25) is 0 Å². The van der Waals surface area contributed by atoms with Crippen molar-refractivity contribution in [1.82, 2.24) is 0 Å². The average Bonchev–Trinajstić information content (AvgIpc) is 1.93. The molecule has 1 rings (SSSR count). The van der Waals surface area contributed by atoms with Crippen molar-refractivity contribution >= 4 is 23.1 Å². The molecular formula is C8H11BrMgN-. The Morgan fingerprint density at radius 2 is 1.36 bits per heavy atom. The minimum absolute atomic E-state index is 0. The number of hydrogen-bond donors (Lipinski definition) is 0. The standard InChI is InChI=1S/C6H5.C2H6N.BrH.Mg/c1-2-4-6-5-3-1;1-3-2;;/h1-5H;1-2H3;1H;/q2*-1;;+2/p-1. The maximum atomic E-state index is 3.50. The van der Waals surface area contributed by atoms with E-state index in [4.69, 9.17) is 0 Å². The van der Waals surface area contributed by atoms with Crippen LogP contribution in [-0.4, -0.2) is 37.1 Å². The fourth-order valence-corrected chi connectivity index (χ4v) is 0.342. The molecule has 0 N–H and O–H groups in total. The van der Waals surface area contributed by atoms with Crippen molar-refractivity contribution in [2.45, 2.75) is 0 Å². The number of hydrogen-bond acceptors (Lipinski definition) is 0. The van der Waals surface area contributed by atoms with Gasteiger partial charge in [0.05, 0.1) is 0 Å². The van der Waals surface area contributed by atoms with E-state index in [9.17, 15) is 0 Å². The number of nitrogens with zero attached hydrogens (tertiary/aromatic N) is 1. The maximum absolute atomic E-state index is 3.50. The van der Waals surface area contributed by atoms with Crippen molar-refractivity contribution in [3.8, 4) is 0 Å². The van der Waals surface area contributed by atoms with Crippen molar-refractivity contribution in [3.05, 3.63) is 41.7 Å². The van der Waals surface area contributed by atoms with Gasteiger partial charge in [0.25, 0.3) is 0 Å². The Labute approximate surface area is 95.5 Å². The summed E-state index contributed by atoms with van der Waals surface area (Å²) in [6.07, 6.45) is 0. The molecular weight excluding hydrogens is 214 g/mol. The molecule has 58 valence electrons. The van der Waals surface area contributed by atoms with E-state index in [2.05, 4.69) is 11.4 Å². The normalized spacial score (nSPS) is 6.00. The summed E-state index contributed by atoms with van der Waals surface area (Å²) >= 11 is 0. The van der Waals surface area contributed by atoms with E-state index in [1.807, 2.05) is 30.3 Å². The number of benzene rings is 1. The summed E-state index contributed by atoms with van der Waals surface area (Å²) in [6.45, 7) is 0. The van der Waals surface area contributed by atoms with Gasteiger partial charge < -0.3 is 22.3 Å². The molecule has 11 heavy (non-hydrogen) atoms. The Hall–Kier alpha value is 0.426. The molecule has 0 radical (unpaired) electrons. The molecule has 0 saturated heterocycles. The molecule has 1 aromatic rings. The monoisotopic (exact) mass is 224 g/mol. The summed E-state index contributed by atoms with van der Waals surface area (Å²) in [5.74, 6) is 0. The topological polar surface area (TPSA) is 14.1 Å². The zero-order chi connectivity index (χ0) is 6.95. The second-order valence-electron chi connectivity index (χ2n) is 1.52. The molecule has 0 bridgehead atoms. The Morgan fingerprint density at radius 1 is 1.00 bits per heavy atom. The molecule has 0 aliphatic rings. The second-order valence-corrected chi connectivity index (χ2v) is 1.52. The largest absolute Gasteiger partial charge is 2.00 e. The summed E-state index contributed by atoms with van der Waals surface area (Å²) in [5, 5.41) is 3.50. The van der Waals surface area contributed by atoms with Gasteiger partial charge in [0.15, 0.2) is 0 Å². The third kappa shape index (κ3) is 17.9. The molecule has 0 aliphatic heterocycles. The minimum atomic E-state index is 0. The third-order valence-corrected chi connectivity index (χ3v) is 0.607. The Morgan fingerprint density at radius 3 is 1.45 bits per heavy atom. The van der Waals surface area contributed by atoms with Crippen LogP contribution in [0.5, 0.6) is 0 Å². The smallest absolute Gasteiger partial charge is 1.00 e. The number of halogens is 1. The molecule has 0 heterocycles. The Bertz CT molecular complexity index is 96.9. The molecule has 0 fully saturated rings. The van der Waals surface area contributed by atoms with Crippen LogP contribution < -0.4 is 17.0 Å². The van der Waals surface area contributed by atoms with Gasteiger partial charge in [-0.25, -0.2) is 0 Å². The van der Waals surface area contributed by atoms with E-state index in [-0.39, 0.29) is 40.0 Å². The minimum Gasteiger partial charge on any atom is -1.00 e. The van der Waals surface area contributed by atoms with Crippen LogP contribution in [-0.2, 0) is 0 Å². The van der Waals surface area contributed by atoms with Crippen LogP contribution in [0, 0.1) is 6.07 Å². The molecule has 0 aliphatic carbocycles. The molecule has 3 heteroatoms. The van der Waals surface area contributed by atoms with E-state index < -0.39 is 0 Å². The zero-order valence-electron chi connectivity index (χ0n) is 6.92. The summed E-state index contributed by atoms with van der Waals surface area (Å²) < 4.78 is 0. The van der Waals surface area contributed by atoms with Crippen LogP contribution in [0.3, 0.4) is 0 Å². The SMILES string of the molecule is C[N-]C.[Br-].[Mg+2].[c-]1ccccc1. The zero-order valence-corrected chi connectivity index (χ0v) is 9.92. The van der Waals surface area contributed by atoms with Crippen LogP contribution in [0.25, 0.3) is 5.32 Å². The van der Waals surface area contributed by atoms with Crippen LogP contribution in [0.1, 0.15) is 0 Å². The molecule has 1 nitrogen and oxygen atoms in total. The fourth-order valence-electron chi connectivity index (χ4n) is 0.342. The first kappa shape index (κ1) is 17.5. The van der Waals surface area contributed by atoms with Crippen LogP contribution in [0.2, 0.25) is 0 Å². The Balaban J connectivity index is -0.000000116. The van der Waals surface area contributed by atoms with E-state index >= 15 is 0 Å². The molecule has 0 unspecified atom stereocenters. The van der Waals surface area contributed by atoms with Gasteiger partial charge in [0, 0.05) is 0 Å². The van der Waals surface area contributed by atoms with Crippen LogP contribution in [0.4, 0.5) is 0 Å². The van der Waals surface area contributed by atoms with Gasteiger partial charge in [0.1, 0.15) is 0 Å². The number of rotatable bonds is 0. The Kier molecular flexibility index (Phi) is 26.7. The van der Waals surface area contributed by atoms with E-state index in [1.165, 1.54) is 0 Å². The van der Waals surface area contributed by atoms with Crippen LogP contribution in [0.15, 0.2) is 30.3 Å². The van der Waals surface area contributed by atoms with Gasteiger partial charge in [-0.15, -0.1) is 0 Å². The van der Waals surface area contributed by atoms with Gasteiger partial charge in [-0.05, 0) is 0 Å². The predicted molar refractivity (Wildman–Crippen MR) is 46.2 cm³/mol. The first-order valence-corrected chi connectivity index (χ1v) is 2.81. The molecule has 1 aromatic carbocycles. The van der Waals surface area contributed by atoms with E-state index in [0.29, 0.717) is 0 Å². The summed E-state index contributed by atoms with van der Waals surface area (Å²) in [5.41, 5.74) is 0. The predicted octanol–water partition coefficient (Wildman–Crippen LogP) is -1.27. The quantitative estimate of drug-likeness (QED) is 0.386. The summed E-state index contributed by atoms with van der Waals surface area (Å²) in [6, 6.07) is 12.5. The molecule has 0 atom stereocenters.